The third-order valence-corrected chi connectivity index (χ3v) is 5.44. The molecule has 1 aliphatic carbocycles. The van der Waals surface area contributed by atoms with Crippen LogP contribution in [0.5, 0.6) is 0 Å². The normalized spacial score (nSPS) is 43.3. The average Bonchev–Trinajstić information content (AvgIpc) is 2.33. The summed E-state index contributed by atoms with van der Waals surface area (Å²) >= 11 is 0. The van der Waals surface area contributed by atoms with Crippen LogP contribution in [0.2, 0.25) is 0 Å². The molecule has 0 radical (unpaired) electrons. The average molecular weight is 252 g/mol. The van der Waals surface area contributed by atoms with Crippen LogP contribution in [-0.4, -0.2) is 29.6 Å². The zero-order chi connectivity index (χ0) is 13.3. The SMILES string of the molecule is CC1CCC(C)N(C2CC(C(C)C)CCC2N)C1. The Kier molecular flexibility index (Phi) is 4.71. The molecule has 0 aromatic heterocycles. The van der Waals surface area contributed by atoms with Gasteiger partial charge in [-0.1, -0.05) is 20.8 Å². The number of nitrogens with two attached hydrogens (primary N) is 1. The molecular weight excluding hydrogens is 220 g/mol. The van der Waals surface area contributed by atoms with Gasteiger partial charge in [-0.25, -0.2) is 0 Å². The lowest BCUT2D eigenvalue weighted by Gasteiger charge is -2.48. The Balaban J connectivity index is 2.04. The number of hydrogen-bond acceptors (Lipinski definition) is 2. The first-order chi connectivity index (χ1) is 8.49. The van der Waals surface area contributed by atoms with Crippen LogP contribution in [0, 0.1) is 17.8 Å². The molecule has 2 heteroatoms. The van der Waals surface area contributed by atoms with Crippen LogP contribution in [0.3, 0.4) is 0 Å². The van der Waals surface area contributed by atoms with E-state index in [1.807, 2.05) is 0 Å². The van der Waals surface area contributed by atoms with Gasteiger partial charge in [0.25, 0.3) is 0 Å². The van der Waals surface area contributed by atoms with Crippen molar-refractivity contribution in [3.63, 3.8) is 0 Å². The minimum absolute atomic E-state index is 0.410. The van der Waals surface area contributed by atoms with E-state index in [1.54, 1.807) is 0 Å². The van der Waals surface area contributed by atoms with Crippen molar-refractivity contribution in [2.24, 2.45) is 23.5 Å². The summed E-state index contributed by atoms with van der Waals surface area (Å²) in [7, 11) is 0. The standard InChI is InChI=1S/C16H32N2/c1-11(2)14-7-8-15(17)16(9-14)18-10-12(3)5-6-13(18)4/h11-16H,5-10,17H2,1-4H3. The third-order valence-electron chi connectivity index (χ3n) is 5.44. The molecule has 106 valence electrons. The highest BCUT2D eigenvalue weighted by molar-refractivity contribution is 4.93. The summed E-state index contributed by atoms with van der Waals surface area (Å²) in [6.45, 7) is 10.8. The van der Waals surface area contributed by atoms with E-state index in [2.05, 4.69) is 32.6 Å². The molecule has 2 nitrogen and oxygen atoms in total. The van der Waals surface area contributed by atoms with Crippen LogP contribution in [0.15, 0.2) is 0 Å². The van der Waals surface area contributed by atoms with Crippen LogP contribution in [0.1, 0.15) is 59.8 Å². The van der Waals surface area contributed by atoms with Gasteiger partial charge in [0.2, 0.25) is 0 Å². The summed E-state index contributed by atoms with van der Waals surface area (Å²) < 4.78 is 0. The summed E-state index contributed by atoms with van der Waals surface area (Å²) in [6.07, 6.45) is 6.65. The number of likely N-dealkylation sites (tertiary alicyclic amines) is 1. The molecular formula is C16H32N2. The van der Waals surface area contributed by atoms with Crippen molar-refractivity contribution in [2.75, 3.05) is 6.54 Å². The van der Waals surface area contributed by atoms with E-state index >= 15 is 0 Å². The molecule has 0 bridgehead atoms. The molecule has 1 heterocycles. The molecule has 2 fully saturated rings. The maximum Gasteiger partial charge on any atom is 0.0252 e. The Morgan fingerprint density at radius 1 is 1.06 bits per heavy atom. The Labute approximate surface area is 113 Å². The fraction of sp³-hybridized carbons (Fsp3) is 1.00. The summed E-state index contributed by atoms with van der Waals surface area (Å²) in [5, 5.41) is 0. The topological polar surface area (TPSA) is 29.3 Å². The van der Waals surface area contributed by atoms with Gasteiger partial charge < -0.3 is 5.73 Å². The van der Waals surface area contributed by atoms with Gasteiger partial charge in [0.05, 0.1) is 0 Å². The number of nitrogens with zero attached hydrogens (tertiary/aromatic N) is 1. The third kappa shape index (κ3) is 3.08. The lowest BCUT2D eigenvalue weighted by Crippen LogP contribution is -2.57. The van der Waals surface area contributed by atoms with Crippen molar-refractivity contribution < 1.29 is 0 Å². The second-order valence-corrected chi connectivity index (χ2v) is 7.28. The second-order valence-electron chi connectivity index (χ2n) is 7.28. The molecule has 1 saturated carbocycles. The minimum atomic E-state index is 0.410. The second kappa shape index (κ2) is 5.92. The van der Waals surface area contributed by atoms with Gasteiger partial charge in [-0.3, -0.25) is 4.90 Å². The first-order valence-electron chi connectivity index (χ1n) is 8.00. The van der Waals surface area contributed by atoms with E-state index in [1.165, 1.54) is 38.6 Å². The van der Waals surface area contributed by atoms with Crippen LogP contribution in [0.4, 0.5) is 0 Å². The van der Waals surface area contributed by atoms with Gasteiger partial charge in [0, 0.05) is 24.7 Å². The molecule has 0 spiro atoms. The molecule has 1 saturated heterocycles. The van der Waals surface area contributed by atoms with Crippen LogP contribution < -0.4 is 5.73 Å². The predicted molar refractivity (Wildman–Crippen MR) is 78.5 cm³/mol. The predicted octanol–water partition coefficient (Wildman–Crippen LogP) is 3.26. The lowest BCUT2D eigenvalue weighted by molar-refractivity contribution is 0.0281. The van der Waals surface area contributed by atoms with Crippen LogP contribution in [-0.2, 0) is 0 Å². The van der Waals surface area contributed by atoms with E-state index in [0.29, 0.717) is 12.1 Å². The molecule has 0 aromatic rings. The Morgan fingerprint density at radius 2 is 1.78 bits per heavy atom. The van der Waals surface area contributed by atoms with Crippen molar-refractivity contribution in [1.82, 2.24) is 4.90 Å². The molecule has 18 heavy (non-hydrogen) atoms. The van der Waals surface area contributed by atoms with Gasteiger partial charge in [-0.05, 0) is 56.8 Å². The summed E-state index contributed by atoms with van der Waals surface area (Å²) in [6, 6.07) is 1.79. The first kappa shape index (κ1) is 14.3. The molecule has 0 aromatic carbocycles. The van der Waals surface area contributed by atoms with E-state index in [4.69, 9.17) is 5.73 Å². The highest BCUT2D eigenvalue weighted by Crippen LogP contribution is 2.35. The monoisotopic (exact) mass is 252 g/mol. The smallest absolute Gasteiger partial charge is 0.0252 e. The van der Waals surface area contributed by atoms with E-state index in [9.17, 15) is 0 Å². The Bertz CT molecular complexity index is 264. The quantitative estimate of drug-likeness (QED) is 0.817. The molecule has 2 N–H and O–H groups in total. The fourth-order valence-electron chi connectivity index (χ4n) is 3.97. The van der Waals surface area contributed by atoms with Crippen molar-refractivity contribution in [3.8, 4) is 0 Å². The maximum absolute atomic E-state index is 6.44. The molecule has 2 rings (SSSR count). The van der Waals surface area contributed by atoms with E-state index in [-0.39, 0.29) is 0 Å². The lowest BCUT2D eigenvalue weighted by atomic mass is 9.75. The van der Waals surface area contributed by atoms with Crippen molar-refractivity contribution >= 4 is 0 Å². The van der Waals surface area contributed by atoms with Gasteiger partial charge in [-0.2, -0.15) is 0 Å². The van der Waals surface area contributed by atoms with Crippen LogP contribution >= 0.6 is 0 Å². The van der Waals surface area contributed by atoms with E-state index in [0.717, 1.165) is 23.8 Å². The zero-order valence-corrected chi connectivity index (χ0v) is 12.7. The van der Waals surface area contributed by atoms with E-state index < -0.39 is 0 Å². The highest BCUT2D eigenvalue weighted by Gasteiger charge is 2.37. The summed E-state index contributed by atoms with van der Waals surface area (Å²) in [4.78, 5) is 2.74. The van der Waals surface area contributed by atoms with Crippen molar-refractivity contribution in [1.29, 1.82) is 0 Å². The first-order valence-corrected chi connectivity index (χ1v) is 8.00. The Hall–Kier alpha value is -0.0800. The van der Waals surface area contributed by atoms with Gasteiger partial charge in [0.15, 0.2) is 0 Å². The zero-order valence-electron chi connectivity index (χ0n) is 12.7. The summed E-state index contributed by atoms with van der Waals surface area (Å²) in [5.74, 6) is 2.56. The largest absolute Gasteiger partial charge is 0.326 e. The maximum atomic E-state index is 6.44. The number of hydrogen-bond donors (Lipinski definition) is 1. The van der Waals surface area contributed by atoms with Gasteiger partial charge in [0.1, 0.15) is 0 Å². The highest BCUT2D eigenvalue weighted by atomic mass is 15.2. The van der Waals surface area contributed by atoms with Crippen LogP contribution in [0.25, 0.3) is 0 Å². The van der Waals surface area contributed by atoms with Crippen molar-refractivity contribution in [2.45, 2.75) is 77.9 Å². The molecule has 2 aliphatic rings. The summed E-state index contributed by atoms with van der Waals surface area (Å²) in [5.41, 5.74) is 6.44. The minimum Gasteiger partial charge on any atom is -0.326 e. The van der Waals surface area contributed by atoms with Crippen molar-refractivity contribution in [3.05, 3.63) is 0 Å². The number of rotatable bonds is 2. The number of piperidine rings is 1. The Morgan fingerprint density at radius 3 is 2.44 bits per heavy atom. The van der Waals surface area contributed by atoms with Gasteiger partial charge >= 0.3 is 0 Å². The molecule has 0 amide bonds. The molecule has 5 atom stereocenters. The molecule has 1 aliphatic heterocycles. The van der Waals surface area contributed by atoms with Gasteiger partial charge in [-0.15, -0.1) is 0 Å². The molecule has 5 unspecified atom stereocenters. The fourth-order valence-corrected chi connectivity index (χ4v) is 3.97.